The Kier molecular flexibility index (Phi) is 6.13. The van der Waals surface area contributed by atoms with E-state index in [1.807, 2.05) is 4.90 Å². The minimum atomic E-state index is -0.488. The van der Waals surface area contributed by atoms with Gasteiger partial charge in [-0.05, 0) is 48.5 Å². The Morgan fingerprint density at radius 2 is 1.59 bits per heavy atom. The van der Waals surface area contributed by atoms with E-state index in [1.54, 1.807) is 48.5 Å². The van der Waals surface area contributed by atoms with Crippen LogP contribution in [0.5, 0.6) is 0 Å². The third-order valence-corrected chi connectivity index (χ3v) is 4.93. The highest BCUT2D eigenvalue weighted by molar-refractivity contribution is 6.05. The van der Waals surface area contributed by atoms with Crippen LogP contribution >= 0.6 is 0 Å². The van der Waals surface area contributed by atoms with E-state index < -0.39 is 10.8 Å². The lowest BCUT2D eigenvalue weighted by molar-refractivity contribution is -0.384. The fourth-order valence-corrected chi connectivity index (χ4v) is 3.32. The van der Waals surface area contributed by atoms with Crippen LogP contribution in [0.15, 0.2) is 65.3 Å². The molecule has 3 aromatic rings. The Balaban J connectivity index is 1.44. The first-order valence-corrected chi connectivity index (χ1v) is 9.88. The number of nitro groups is 1. The molecule has 1 saturated heterocycles. The van der Waals surface area contributed by atoms with Crippen molar-refractivity contribution in [2.75, 3.05) is 41.8 Å². The summed E-state index contributed by atoms with van der Waals surface area (Å²) < 4.78 is 10.3. The van der Waals surface area contributed by atoms with Gasteiger partial charge in [0.1, 0.15) is 5.69 Å². The lowest BCUT2D eigenvalue weighted by Gasteiger charge is -2.28. The van der Waals surface area contributed by atoms with E-state index in [-0.39, 0.29) is 22.9 Å². The average molecular weight is 436 g/mol. The molecule has 164 valence electrons. The molecule has 1 aromatic heterocycles. The van der Waals surface area contributed by atoms with Crippen molar-refractivity contribution in [1.29, 1.82) is 0 Å². The molecule has 0 bridgehead atoms. The number of rotatable bonds is 6. The Bertz CT molecular complexity index is 1120. The summed E-state index contributed by atoms with van der Waals surface area (Å²) in [5.41, 5.74) is 1.51. The molecule has 0 saturated carbocycles. The maximum absolute atomic E-state index is 12.6. The van der Waals surface area contributed by atoms with Crippen molar-refractivity contribution >= 4 is 34.6 Å². The van der Waals surface area contributed by atoms with Crippen molar-refractivity contribution in [3.63, 3.8) is 0 Å². The second-order valence-electron chi connectivity index (χ2n) is 7.02. The highest BCUT2D eigenvalue weighted by Crippen LogP contribution is 2.30. The molecule has 2 N–H and O–H groups in total. The van der Waals surface area contributed by atoms with Crippen LogP contribution in [0.1, 0.15) is 20.9 Å². The first kappa shape index (κ1) is 21.1. The van der Waals surface area contributed by atoms with Crippen LogP contribution in [-0.2, 0) is 4.74 Å². The number of benzene rings is 2. The molecule has 32 heavy (non-hydrogen) atoms. The van der Waals surface area contributed by atoms with Crippen LogP contribution < -0.4 is 15.5 Å². The Hall–Kier alpha value is -4.18. The normalized spacial score (nSPS) is 13.4. The molecular formula is C22H20N4O6. The molecule has 1 fully saturated rings. The molecule has 4 rings (SSSR count). The second kappa shape index (κ2) is 9.31. The molecule has 10 nitrogen and oxygen atoms in total. The summed E-state index contributed by atoms with van der Waals surface area (Å²) in [6.45, 7) is 2.10. The van der Waals surface area contributed by atoms with Crippen LogP contribution in [0.25, 0.3) is 0 Å². The number of ether oxygens (including phenoxy) is 1. The Morgan fingerprint density at radius 1 is 0.938 bits per heavy atom. The smallest absolute Gasteiger partial charge is 0.293 e. The third kappa shape index (κ3) is 4.76. The summed E-state index contributed by atoms with van der Waals surface area (Å²) in [7, 11) is 0. The van der Waals surface area contributed by atoms with Gasteiger partial charge in [-0.2, -0.15) is 0 Å². The average Bonchev–Trinajstić information content (AvgIpc) is 3.36. The van der Waals surface area contributed by atoms with Gasteiger partial charge in [0.2, 0.25) is 0 Å². The minimum Gasteiger partial charge on any atom is -0.459 e. The summed E-state index contributed by atoms with van der Waals surface area (Å²) in [5.74, 6) is -0.682. The fraction of sp³-hybridized carbons (Fsp3) is 0.182. The van der Waals surface area contributed by atoms with Gasteiger partial charge in [-0.25, -0.2) is 0 Å². The van der Waals surface area contributed by atoms with Crippen LogP contribution in [0.4, 0.5) is 22.7 Å². The molecule has 0 aliphatic carbocycles. The molecule has 0 atom stereocenters. The number of carbonyl (C=O) groups excluding carboxylic acids is 2. The van der Waals surface area contributed by atoms with Crippen LogP contribution in [0.2, 0.25) is 0 Å². The lowest BCUT2D eigenvalue weighted by atomic mass is 10.1. The van der Waals surface area contributed by atoms with Crippen LogP contribution in [0.3, 0.4) is 0 Å². The van der Waals surface area contributed by atoms with Crippen LogP contribution in [-0.4, -0.2) is 43.0 Å². The van der Waals surface area contributed by atoms with Gasteiger partial charge in [-0.1, -0.05) is 0 Å². The number of anilines is 3. The predicted octanol–water partition coefficient (Wildman–Crippen LogP) is 3.53. The second-order valence-corrected chi connectivity index (χ2v) is 7.02. The van der Waals surface area contributed by atoms with Crippen molar-refractivity contribution < 1.29 is 23.7 Å². The fourth-order valence-electron chi connectivity index (χ4n) is 3.32. The monoisotopic (exact) mass is 436 g/mol. The molecule has 0 unspecified atom stereocenters. The van der Waals surface area contributed by atoms with E-state index in [4.69, 9.17) is 9.15 Å². The number of amides is 2. The molecule has 1 aliphatic rings. The third-order valence-electron chi connectivity index (χ3n) is 4.93. The van der Waals surface area contributed by atoms with Gasteiger partial charge in [0.25, 0.3) is 17.5 Å². The van der Waals surface area contributed by atoms with E-state index in [0.717, 1.165) is 0 Å². The maximum atomic E-state index is 12.6. The number of furan rings is 1. The van der Waals surface area contributed by atoms with E-state index in [0.29, 0.717) is 43.4 Å². The molecule has 10 heteroatoms. The zero-order valence-corrected chi connectivity index (χ0v) is 16.9. The molecule has 0 spiro atoms. The van der Waals surface area contributed by atoms with Gasteiger partial charge in [0, 0.05) is 36.1 Å². The number of nitro benzene ring substituents is 1. The molecule has 0 radical (unpaired) electrons. The zero-order valence-electron chi connectivity index (χ0n) is 16.9. The highest BCUT2D eigenvalue weighted by atomic mass is 16.6. The summed E-state index contributed by atoms with van der Waals surface area (Å²) >= 11 is 0. The number of nitrogens with zero attached hydrogens (tertiary/aromatic N) is 2. The topological polar surface area (TPSA) is 127 Å². The lowest BCUT2D eigenvalue weighted by Crippen LogP contribution is -2.36. The largest absolute Gasteiger partial charge is 0.459 e. The SMILES string of the molecule is O=C(Nc1ccc(NC(=O)c2ccco2)cc1)c1ccc(N2CCOCC2)c([N+](=O)[O-])c1. The molecule has 2 aromatic carbocycles. The number of carbonyl (C=O) groups is 2. The van der Waals surface area contributed by atoms with Crippen molar-refractivity contribution in [3.8, 4) is 0 Å². The first-order valence-electron chi connectivity index (χ1n) is 9.88. The van der Waals surface area contributed by atoms with Crippen molar-refractivity contribution in [1.82, 2.24) is 0 Å². The summed E-state index contributed by atoms with van der Waals surface area (Å²) in [6.07, 6.45) is 1.41. The summed E-state index contributed by atoms with van der Waals surface area (Å²) in [6, 6.07) is 14.1. The van der Waals surface area contributed by atoms with E-state index in [1.165, 1.54) is 12.3 Å². The summed E-state index contributed by atoms with van der Waals surface area (Å²) in [4.78, 5) is 37.6. The molecule has 1 aliphatic heterocycles. The van der Waals surface area contributed by atoms with E-state index >= 15 is 0 Å². The predicted molar refractivity (Wildman–Crippen MR) is 117 cm³/mol. The summed E-state index contributed by atoms with van der Waals surface area (Å²) in [5, 5.41) is 17.0. The molecule has 2 heterocycles. The number of nitrogens with one attached hydrogen (secondary N) is 2. The van der Waals surface area contributed by atoms with Crippen molar-refractivity contribution in [2.24, 2.45) is 0 Å². The Morgan fingerprint density at radius 3 is 2.19 bits per heavy atom. The molecule has 2 amide bonds. The number of morpholine rings is 1. The molecular weight excluding hydrogens is 416 g/mol. The van der Waals surface area contributed by atoms with Gasteiger partial charge in [-0.3, -0.25) is 19.7 Å². The Labute approximate surface area is 182 Å². The zero-order chi connectivity index (χ0) is 22.5. The highest BCUT2D eigenvalue weighted by Gasteiger charge is 2.23. The van der Waals surface area contributed by atoms with Crippen LogP contribution in [0, 0.1) is 10.1 Å². The van der Waals surface area contributed by atoms with Crippen molar-refractivity contribution in [3.05, 3.63) is 82.3 Å². The number of hydrogen-bond acceptors (Lipinski definition) is 7. The minimum absolute atomic E-state index is 0.129. The van der Waals surface area contributed by atoms with Gasteiger partial charge in [0.15, 0.2) is 5.76 Å². The van der Waals surface area contributed by atoms with Crippen molar-refractivity contribution in [2.45, 2.75) is 0 Å². The maximum Gasteiger partial charge on any atom is 0.293 e. The van der Waals surface area contributed by atoms with E-state index in [2.05, 4.69) is 10.6 Å². The quantitative estimate of drug-likeness (QED) is 0.447. The standard InChI is InChI=1S/C22H20N4O6/c27-21(15-3-8-18(19(14-15)26(29)30)25-9-12-31-13-10-25)23-16-4-6-17(7-5-16)24-22(28)20-2-1-11-32-20/h1-8,11,14H,9-10,12-13H2,(H,23,27)(H,24,28). The number of hydrogen-bond donors (Lipinski definition) is 2. The van der Waals surface area contributed by atoms with Gasteiger partial charge in [-0.15, -0.1) is 0 Å². The van der Waals surface area contributed by atoms with Gasteiger partial charge in [0.05, 0.1) is 24.4 Å². The van der Waals surface area contributed by atoms with Gasteiger partial charge < -0.3 is 24.7 Å². The van der Waals surface area contributed by atoms with Gasteiger partial charge >= 0.3 is 0 Å². The first-order chi connectivity index (χ1) is 15.5. The van der Waals surface area contributed by atoms with E-state index in [9.17, 15) is 19.7 Å².